The van der Waals surface area contributed by atoms with Crippen molar-refractivity contribution in [2.24, 2.45) is 0 Å². The van der Waals surface area contributed by atoms with Gasteiger partial charge in [-0.05, 0) is 53.2 Å². The Hall–Kier alpha value is -0.450. The van der Waals surface area contributed by atoms with Crippen molar-refractivity contribution in [3.05, 3.63) is 16.1 Å². The average molecular weight is 281 g/mol. The molecule has 1 aliphatic rings. The molecule has 1 unspecified atom stereocenters. The molecule has 1 N–H and O–H groups in total. The Bertz CT molecular complexity index is 394. The minimum absolute atomic E-state index is 0.198. The lowest BCUT2D eigenvalue weighted by Crippen LogP contribution is -2.57. The second kappa shape index (κ2) is 6.33. The van der Waals surface area contributed by atoms with Gasteiger partial charge in [-0.25, -0.2) is 4.98 Å². The molecule has 0 amide bonds. The Morgan fingerprint density at radius 1 is 1.42 bits per heavy atom. The summed E-state index contributed by atoms with van der Waals surface area (Å²) in [4.78, 5) is 7.27. The quantitative estimate of drug-likeness (QED) is 0.869. The third kappa shape index (κ3) is 3.56. The molecule has 1 atom stereocenters. The molecule has 2 heterocycles. The van der Waals surface area contributed by atoms with Crippen LogP contribution >= 0.6 is 11.3 Å². The van der Waals surface area contributed by atoms with Crippen molar-refractivity contribution in [3.63, 3.8) is 0 Å². The van der Waals surface area contributed by atoms with E-state index in [4.69, 9.17) is 0 Å². The summed E-state index contributed by atoms with van der Waals surface area (Å²) in [5.74, 6) is 0. The van der Waals surface area contributed by atoms with Crippen LogP contribution in [-0.4, -0.2) is 41.1 Å². The first-order valence-corrected chi connectivity index (χ1v) is 8.31. The van der Waals surface area contributed by atoms with Gasteiger partial charge in [0.05, 0.1) is 10.7 Å². The Morgan fingerprint density at radius 3 is 2.63 bits per heavy atom. The zero-order chi connectivity index (χ0) is 13.9. The van der Waals surface area contributed by atoms with E-state index in [2.05, 4.69) is 48.3 Å². The third-order valence-corrected chi connectivity index (χ3v) is 5.13. The van der Waals surface area contributed by atoms with Gasteiger partial charge >= 0.3 is 0 Å². The summed E-state index contributed by atoms with van der Waals surface area (Å²) >= 11 is 1.75. The fraction of sp³-hybridized carbons (Fsp3) is 0.800. The van der Waals surface area contributed by atoms with Gasteiger partial charge in [-0.15, -0.1) is 11.3 Å². The summed E-state index contributed by atoms with van der Waals surface area (Å²) in [5, 5.41) is 7.06. The fourth-order valence-electron chi connectivity index (χ4n) is 3.04. The monoisotopic (exact) mass is 281 g/mol. The van der Waals surface area contributed by atoms with Crippen molar-refractivity contribution in [1.29, 1.82) is 0 Å². The zero-order valence-corrected chi connectivity index (χ0v) is 13.5. The topological polar surface area (TPSA) is 28.2 Å². The molecule has 0 spiro atoms. The van der Waals surface area contributed by atoms with Gasteiger partial charge in [-0.3, -0.25) is 4.90 Å². The molecule has 3 nitrogen and oxygen atoms in total. The van der Waals surface area contributed by atoms with Gasteiger partial charge < -0.3 is 5.32 Å². The predicted molar refractivity (Wildman–Crippen MR) is 82.9 cm³/mol. The van der Waals surface area contributed by atoms with Crippen LogP contribution in [0.15, 0.2) is 5.38 Å². The first-order valence-electron chi connectivity index (χ1n) is 7.43. The van der Waals surface area contributed by atoms with Gasteiger partial charge in [0.15, 0.2) is 0 Å². The van der Waals surface area contributed by atoms with Gasteiger partial charge in [0.1, 0.15) is 0 Å². The highest BCUT2D eigenvalue weighted by Gasteiger charge is 2.36. The number of likely N-dealkylation sites (tertiary alicyclic amines) is 1. The highest BCUT2D eigenvalue weighted by molar-refractivity contribution is 7.09. The zero-order valence-electron chi connectivity index (χ0n) is 12.7. The van der Waals surface area contributed by atoms with Gasteiger partial charge in [0, 0.05) is 23.4 Å². The lowest BCUT2D eigenvalue weighted by molar-refractivity contribution is 0.107. The molecule has 19 heavy (non-hydrogen) atoms. The number of rotatable bonds is 6. The lowest BCUT2D eigenvalue weighted by atomic mass is 9.89. The van der Waals surface area contributed by atoms with Gasteiger partial charge in [-0.1, -0.05) is 6.92 Å². The number of likely N-dealkylation sites (N-methyl/N-ethyl adjacent to an activating group) is 1. The SMILES string of the molecule is CCNC(Cc1csc(C)n1)C(C)(C)N1CCCC1. The number of nitrogens with zero attached hydrogens (tertiary/aromatic N) is 2. The maximum atomic E-state index is 4.63. The summed E-state index contributed by atoms with van der Waals surface area (Å²) in [5.41, 5.74) is 1.44. The van der Waals surface area contributed by atoms with Crippen LogP contribution in [0, 0.1) is 6.92 Å². The Labute approximate surface area is 121 Å². The Kier molecular flexibility index (Phi) is 4.98. The normalized spacial score (nSPS) is 18.9. The number of hydrogen-bond donors (Lipinski definition) is 1. The van der Waals surface area contributed by atoms with Crippen molar-refractivity contribution < 1.29 is 0 Å². The van der Waals surface area contributed by atoms with Crippen LogP contribution in [0.3, 0.4) is 0 Å². The number of aryl methyl sites for hydroxylation is 1. The van der Waals surface area contributed by atoms with Gasteiger partial charge in [0.25, 0.3) is 0 Å². The molecule has 1 aromatic heterocycles. The number of nitrogens with one attached hydrogen (secondary N) is 1. The molecule has 1 fully saturated rings. The van der Waals surface area contributed by atoms with E-state index in [0.29, 0.717) is 6.04 Å². The van der Waals surface area contributed by atoms with Crippen LogP contribution < -0.4 is 5.32 Å². The number of thiazole rings is 1. The third-order valence-electron chi connectivity index (χ3n) is 4.30. The van der Waals surface area contributed by atoms with Crippen LogP contribution in [0.2, 0.25) is 0 Å². The molecule has 2 rings (SSSR count). The van der Waals surface area contributed by atoms with Crippen molar-refractivity contribution in [2.75, 3.05) is 19.6 Å². The van der Waals surface area contributed by atoms with Crippen molar-refractivity contribution >= 4 is 11.3 Å². The number of hydrogen-bond acceptors (Lipinski definition) is 4. The van der Waals surface area contributed by atoms with E-state index in [-0.39, 0.29) is 5.54 Å². The first kappa shape index (κ1) is 14.9. The lowest BCUT2D eigenvalue weighted by Gasteiger charge is -2.42. The molecule has 1 aromatic rings. The minimum Gasteiger partial charge on any atom is -0.312 e. The molecule has 1 saturated heterocycles. The van der Waals surface area contributed by atoms with E-state index in [1.54, 1.807) is 11.3 Å². The van der Waals surface area contributed by atoms with Gasteiger partial charge in [0.2, 0.25) is 0 Å². The van der Waals surface area contributed by atoms with E-state index < -0.39 is 0 Å². The second-order valence-corrected chi connectivity index (χ2v) is 7.08. The van der Waals surface area contributed by atoms with E-state index >= 15 is 0 Å². The van der Waals surface area contributed by atoms with E-state index in [1.807, 2.05) is 0 Å². The smallest absolute Gasteiger partial charge is 0.0897 e. The summed E-state index contributed by atoms with van der Waals surface area (Å²) < 4.78 is 0. The van der Waals surface area contributed by atoms with Crippen LogP contribution in [-0.2, 0) is 6.42 Å². The van der Waals surface area contributed by atoms with E-state index in [1.165, 1.54) is 36.6 Å². The first-order chi connectivity index (χ1) is 9.04. The molecule has 1 aliphatic heterocycles. The molecular formula is C15H27N3S. The van der Waals surface area contributed by atoms with E-state index in [9.17, 15) is 0 Å². The second-order valence-electron chi connectivity index (χ2n) is 6.02. The molecule has 0 aliphatic carbocycles. The van der Waals surface area contributed by atoms with Crippen LogP contribution in [0.25, 0.3) is 0 Å². The maximum absolute atomic E-state index is 4.63. The molecule has 0 radical (unpaired) electrons. The summed E-state index contributed by atoms with van der Waals surface area (Å²) in [6.07, 6.45) is 3.72. The molecule has 0 aromatic carbocycles. The average Bonchev–Trinajstić information content (AvgIpc) is 3.00. The summed E-state index contributed by atoms with van der Waals surface area (Å²) in [6.45, 7) is 12.5. The Balaban J connectivity index is 2.09. The highest BCUT2D eigenvalue weighted by Crippen LogP contribution is 2.26. The van der Waals surface area contributed by atoms with Crippen LogP contribution in [0.4, 0.5) is 0 Å². The standard InChI is InChI=1S/C15H27N3S/c1-5-16-14(10-13-11-19-12(2)17-13)15(3,4)18-8-6-7-9-18/h11,14,16H,5-10H2,1-4H3. The molecule has 108 valence electrons. The molecular weight excluding hydrogens is 254 g/mol. The Morgan fingerprint density at radius 2 is 2.11 bits per heavy atom. The van der Waals surface area contributed by atoms with Crippen LogP contribution in [0.1, 0.15) is 44.3 Å². The van der Waals surface area contributed by atoms with Gasteiger partial charge in [-0.2, -0.15) is 0 Å². The maximum Gasteiger partial charge on any atom is 0.0897 e. The van der Waals surface area contributed by atoms with Crippen molar-refractivity contribution in [2.45, 2.75) is 58.5 Å². The highest BCUT2D eigenvalue weighted by atomic mass is 32.1. The van der Waals surface area contributed by atoms with Crippen molar-refractivity contribution in [3.8, 4) is 0 Å². The molecule has 4 heteroatoms. The number of aromatic nitrogens is 1. The minimum atomic E-state index is 0.198. The predicted octanol–water partition coefficient (Wildman–Crippen LogP) is 2.85. The largest absolute Gasteiger partial charge is 0.312 e. The summed E-state index contributed by atoms with van der Waals surface area (Å²) in [6, 6.07) is 0.470. The van der Waals surface area contributed by atoms with Crippen molar-refractivity contribution in [1.82, 2.24) is 15.2 Å². The van der Waals surface area contributed by atoms with E-state index in [0.717, 1.165) is 13.0 Å². The van der Waals surface area contributed by atoms with Crippen LogP contribution in [0.5, 0.6) is 0 Å². The fourth-order valence-corrected chi connectivity index (χ4v) is 3.67. The summed E-state index contributed by atoms with van der Waals surface area (Å²) in [7, 11) is 0. The molecule has 0 bridgehead atoms. The molecule has 0 saturated carbocycles.